The molecule has 1 aliphatic heterocycles. The summed E-state index contributed by atoms with van der Waals surface area (Å²) in [5.41, 5.74) is 1.17. The van der Waals surface area contributed by atoms with Gasteiger partial charge in [0.2, 0.25) is 0 Å². The van der Waals surface area contributed by atoms with Crippen molar-refractivity contribution in [2.24, 2.45) is 10.9 Å². The first-order chi connectivity index (χ1) is 11.7. The van der Waals surface area contributed by atoms with Crippen LogP contribution < -0.4 is 20.1 Å². The Morgan fingerprint density at radius 3 is 2.62 bits per heavy atom. The highest BCUT2D eigenvalue weighted by molar-refractivity contribution is 5.80. The molecule has 0 spiro atoms. The van der Waals surface area contributed by atoms with Gasteiger partial charge in [-0.2, -0.15) is 0 Å². The van der Waals surface area contributed by atoms with E-state index < -0.39 is 0 Å². The zero-order valence-electron chi connectivity index (χ0n) is 14.8. The standard InChI is InChI=1S/C19H29N3O2/c1-14-4-7-16(8-5-14)22-19(20-2)21-13-15-6-9-17-18(12-15)24-11-3-10-23-17/h6,9,12,14,16H,3-5,7-8,10-11,13H2,1-2H3,(H2,20,21,22). The van der Waals surface area contributed by atoms with Crippen LogP contribution in [0.1, 0.15) is 44.6 Å². The number of hydrogen-bond acceptors (Lipinski definition) is 3. The lowest BCUT2D eigenvalue weighted by Gasteiger charge is -2.28. The summed E-state index contributed by atoms with van der Waals surface area (Å²) < 4.78 is 11.4. The van der Waals surface area contributed by atoms with E-state index >= 15 is 0 Å². The van der Waals surface area contributed by atoms with Crippen molar-refractivity contribution >= 4 is 5.96 Å². The second-order valence-electron chi connectivity index (χ2n) is 6.86. The molecule has 0 aromatic heterocycles. The maximum Gasteiger partial charge on any atom is 0.191 e. The van der Waals surface area contributed by atoms with Crippen LogP contribution in [0.5, 0.6) is 11.5 Å². The van der Waals surface area contributed by atoms with Crippen LogP contribution in [0.4, 0.5) is 0 Å². The Morgan fingerprint density at radius 1 is 1.12 bits per heavy atom. The van der Waals surface area contributed by atoms with Crippen molar-refractivity contribution in [2.75, 3.05) is 20.3 Å². The fraction of sp³-hybridized carbons (Fsp3) is 0.632. The van der Waals surface area contributed by atoms with E-state index in [4.69, 9.17) is 9.47 Å². The van der Waals surface area contributed by atoms with Crippen molar-refractivity contribution in [1.82, 2.24) is 10.6 Å². The summed E-state index contributed by atoms with van der Waals surface area (Å²) in [4.78, 5) is 4.36. The van der Waals surface area contributed by atoms with Crippen molar-refractivity contribution in [3.05, 3.63) is 23.8 Å². The van der Waals surface area contributed by atoms with Crippen LogP contribution in [0.3, 0.4) is 0 Å². The minimum absolute atomic E-state index is 0.538. The van der Waals surface area contributed by atoms with E-state index in [9.17, 15) is 0 Å². The summed E-state index contributed by atoms with van der Waals surface area (Å²) in [5.74, 6) is 3.42. The van der Waals surface area contributed by atoms with Crippen molar-refractivity contribution in [3.63, 3.8) is 0 Å². The number of rotatable bonds is 3. The van der Waals surface area contributed by atoms with Gasteiger partial charge >= 0.3 is 0 Å². The van der Waals surface area contributed by atoms with E-state index in [2.05, 4.69) is 34.7 Å². The van der Waals surface area contributed by atoms with E-state index in [0.29, 0.717) is 12.6 Å². The topological polar surface area (TPSA) is 54.9 Å². The molecule has 0 saturated heterocycles. The van der Waals surface area contributed by atoms with Gasteiger partial charge in [-0.3, -0.25) is 4.99 Å². The molecule has 1 fully saturated rings. The predicted molar refractivity (Wildman–Crippen MR) is 96.8 cm³/mol. The Labute approximate surface area is 144 Å². The number of benzene rings is 1. The van der Waals surface area contributed by atoms with E-state index in [1.807, 2.05) is 13.1 Å². The van der Waals surface area contributed by atoms with E-state index in [0.717, 1.165) is 42.9 Å². The third-order valence-electron chi connectivity index (χ3n) is 4.85. The van der Waals surface area contributed by atoms with Crippen molar-refractivity contribution in [3.8, 4) is 11.5 Å². The molecular formula is C19H29N3O2. The molecule has 1 saturated carbocycles. The SMILES string of the molecule is CN=C(NCc1ccc2c(c1)OCCCO2)NC1CCC(C)CC1. The Bertz CT molecular complexity index is 566. The molecule has 0 atom stereocenters. The highest BCUT2D eigenvalue weighted by Crippen LogP contribution is 2.30. The van der Waals surface area contributed by atoms with Crippen LogP contribution in [0.15, 0.2) is 23.2 Å². The van der Waals surface area contributed by atoms with Crippen LogP contribution in [0, 0.1) is 5.92 Å². The molecule has 1 aliphatic carbocycles. The van der Waals surface area contributed by atoms with Gasteiger partial charge in [0, 0.05) is 26.1 Å². The molecule has 24 heavy (non-hydrogen) atoms. The second kappa shape index (κ2) is 8.27. The fourth-order valence-electron chi connectivity index (χ4n) is 3.30. The lowest BCUT2D eigenvalue weighted by atomic mass is 9.87. The van der Waals surface area contributed by atoms with Crippen LogP contribution in [0.25, 0.3) is 0 Å². The van der Waals surface area contributed by atoms with E-state index in [-0.39, 0.29) is 0 Å². The highest BCUT2D eigenvalue weighted by Gasteiger charge is 2.19. The first kappa shape index (κ1) is 16.9. The molecule has 0 unspecified atom stereocenters. The zero-order chi connectivity index (χ0) is 16.8. The molecule has 132 valence electrons. The van der Waals surface area contributed by atoms with Crippen LogP contribution in [0.2, 0.25) is 0 Å². The molecular weight excluding hydrogens is 302 g/mol. The molecule has 5 heteroatoms. The average molecular weight is 331 g/mol. The minimum Gasteiger partial charge on any atom is -0.490 e. The normalized spacial score (nSPS) is 24.2. The Kier molecular flexibility index (Phi) is 5.83. The molecule has 2 aliphatic rings. The van der Waals surface area contributed by atoms with Gasteiger partial charge in [0.05, 0.1) is 13.2 Å². The lowest BCUT2D eigenvalue weighted by Crippen LogP contribution is -2.44. The largest absolute Gasteiger partial charge is 0.490 e. The van der Waals surface area contributed by atoms with Gasteiger partial charge < -0.3 is 20.1 Å². The number of nitrogens with zero attached hydrogens (tertiary/aromatic N) is 1. The molecule has 5 nitrogen and oxygen atoms in total. The zero-order valence-corrected chi connectivity index (χ0v) is 14.8. The van der Waals surface area contributed by atoms with Crippen molar-refractivity contribution < 1.29 is 9.47 Å². The maximum atomic E-state index is 5.76. The Morgan fingerprint density at radius 2 is 1.88 bits per heavy atom. The van der Waals surface area contributed by atoms with Crippen molar-refractivity contribution in [1.29, 1.82) is 0 Å². The number of ether oxygens (including phenoxy) is 2. The molecule has 0 amide bonds. The second-order valence-corrected chi connectivity index (χ2v) is 6.86. The first-order valence-electron chi connectivity index (χ1n) is 9.10. The summed E-state index contributed by atoms with van der Waals surface area (Å²) in [6.45, 7) is 4.50. The number of aliphatic imine (C=N–C) groups is 1. The summed E-state index contributed by atoms with van der Waals surface area (Å²) >= 11 is 0. The summed E-state index contributed by atoms with van der Waals surface area (Å²) in [6.07, 6.45) is 5.99. The number of fused-ring (bicyclic) bond motifs is 1. The maximum absolute atomic E-state index is 5.76. The van der Waals surface area contributed by atoms with Crippen LogP contribution in [-0.4, -0.2) is 32.3 Å². The van der Waals surface area contributed by atoms with Gasteiger partial charge in [-0.15, -0.1) is 0 Å². The third-order valence-corrected chi connectivity index (χ3v) is 4.85. The highest BCUT2D eigenvalue weighted by atomic mass is 16.5. The summed E-state index contributed by atoms with van der Waals surface area (Å²) in [7, 11) is 1.83. The van der Waals surface area contributed by atoms with Gasteiger partial charge in [0.1, 0.15) is 0 Å². The van der Waals surface area contributed by atoms with Crippen LogP contribution >= 0.6 is 0 Å². The molecule has 1 aromatic carbocycles. The molecule has 0 radical (unpaired) electrons. The van der Waals surface area contributed by atoms with Gasteiger partial charge in [-0.05, 0) is 49.3 Å². The molecule has 1 heterocycles. The molecule has 3 rings (SSSR count). The Hall–Kier alpha value is -1.91. The summed E-state index contributed by atoms with van der Waals surface area (Å²) in [6, 6.07) is 6.67. The molecule has 1 aromatic rings. The quantitative estimate of drug-likeness (QED) is 0.660. The van der Waals surface area contributed by atoms with Crippen molar-refractivity contribution in [2.45, 2.75) is 51.6 Å². The van der Waals surface area contributed by atoms with Gasteiger partial charge in [-0.25, -0.2) is 0 Å². The number of nitrogens with one attached hydrogen (secondary N) is 2. The number of hydrogen-bond donors (Lipinski definition) is 2. The van der Waals surface area contributed by atoms with Gasteiger partial charge in [0.25, 0.3) is 0 Å². The fourth-order valence-corrected chi connectivity index (χ4v) is 3.30. The minimum atomic E-state index is 0.538. The lowest BCUT2D eigenvalue weighted by molar-refractivity contribution is 0.297. The Balaban J connectivity index is 1.53. The number of guanidine groups is 1. The molecule has 0 bridgehead atoms. The van der Waals surface area contributed by atoms with Gasteiger partial charge in [-0.1, -0.05) is 13.0 Å². The first-order valence-corrected chi connectivity index (χ1v) is 9.10. The van der Waals surface area contributed by atoms with Gasteiger partial charge in [0.15, 0.2) is 17.5 Å². The predicted octanol–water partition coefficient (Wildman–Crippen LogP) is 3.09. The average Bonchev–Trinajstić information content (AvgIpc) is 2.85. The van der Waals surface area contributed by atoms with E-state index in [1.165, 1.54) is 31.2 Å². The third kappa shape index (κ3) is 4.56. The summed E-state index contributed by atoms with van der Waals surface area (Å²) in [5, 5.41) is 6.96. The smallest absolute Gasteiger partial charge is 0.191 e. The van der Waals surface area contributed by atoms with Crippen LogP contribution in [-0.2, 0) is 6.54 Å². The van der Waals surface area contributed by atoms with E-state index in [1.54, 1.807) is 0 Å². The molecule has 2 N–H and O–H groups in total. The monoisotopic (exact) mass is 331 g/mol.